The van der Waals surface area contributed by atoms with Crippen molar-refractivity contribution in [1.82, 2.24) is 30.2 Å². The molecule has 0 atom stereocenters. The Morgan fingerprint density at radius 2 is 1.88 bits per heavy atom. The third-order valence-corrected chi connectivity index (χ3v) is 4.78. The van der Waals surface area contributed by atoms with Gasteiger partial charge in [0, 0.05) is 29.8 Å². The molecule has 0 radical (unpaired) electrons. The molecule has 0 unspecified atom stereocenters. The molecule has 12 nitrogen and oxygen atoms in total. The van der Waals surface area contributed by atoms with Gasteiger partial charge in [-0.25, -0.2) is 4.98 Å². The summed E-state index contributed by atoms with van der Waals surface area (Å²) < 4.78 is 6.39. The fraction of sp³-hybridized carbons (Fsp3) is 0.150. The zero-order chi connectivity index (χ0) is 23.0. The maximum absolute atomic E-state index is 12.4. The summed E-state index contributed by atoms with van der Waals surface area (Å²) >= 11 is 0. The third kappa shape index (κ3) is 3.53. The molecule has 162 valence electrons. The van der Waals surface area contributed by atoms with E-state index in [1.54, 1.807) is 37.4 Å². The highest BCUT2D eigenvalue weighted by Crippen LogP contribution is 2.33. The number of hydrogen-bond donors (Lipinski definition) is 3. The largest absolute Gasteiger partial charge is 0.366 e. The van der Waals surface area contributed by atoms with Crippen LogP contribution in [0.4, 0.5) is 0 Å². The second kappa shape index (κ2) is 7.91. The average molecular weight is 434 g/mol. The second-order valence-corrected chi connectivity index (χ2v) is 6.88. The molecule has 4 rings (SSSR count). The van der Waals surface area contributed by atoms with Crippen molar-refractivity contribution in [3.05, 3.63) is 59.1 Å². The fourth-order valence-corrected chi connectivity index (χ4v) is 3.41. The first-order chi connectivity index (χ1) is 15.3. The van der Waals surface area contributed by atoms with Crippen molar-refractivity contribution in [2.24, 2.45) is 11.5 Å². The maximum Gasteiger partial charge on any atom is 0.315 e. The number of aromatic nitrogens is 5. The highest BCUT2D eigenvalue weighted by molar-refractivity contribution is 6.15. The van der Waals surface area contributed by atoms with Crippen LogP contribution in [0.3, 0.4) is 0 Å². The molecule has 0 saturated carbocycles. The summed E-state index contributed by atoms with van der Waals surface area (Å²) in [6, 6.07) is 6.82. The minimum Gasteiger partial charge on any atom is -0.366 e. The Kier molecular flexibility index (Phi) is 5.10. The number of hydrogen-bond acceptors (Lipinski definition) is 8. The molecule has 3 heterocycles. The predicted octanol–water partition coefficient (Wildman–Crippen LogP) is 0.395. The molecule has 3 amide bonds. The molecule has 0 aliphatic heterocycles. The first-order valence-electron chi connectivity index (χ1n) is 9.41. The molecule has 0 aliphatic rings. The summed E-state index contributed by atoms with van der Waals surface area (Å²) in [5.74, 6) is -2.03. The number of fused-ring (bicyclic) bond motifs is 1. The molecule has 3 aromatic heterocycles. The van der Waals surface area contributed by atoms with Crippen LogP contribution in [0.15, 0.2) is 35.0 Å². The predicted molar refractivity (Wildman–Crippen MR) is 112 cm³/mol. The van der Waals surface area contributed by atoms with Gasteiger partial charge in [0.05, 0.1) is 16.8 Å². The number of primary amides is 2. The van der Waals surface area contributed by atoms with Gasteiger partial charge in [-0.15, -0.1) is 0 Å². The normalized spacial score (nSPS) is 10.9. The van der Waals surface area contributed by atoms with E-state index in [4.69, 9.17) is 16.0 Å². The number of amides is 3. The number of nitrogens with two attached hydrogens (primary N) is 2. The lowest BCUT2D eigenvalue weighted by Crippen LogP contribution is -2.20. The van der Waals surface area contributed by atoms with Crippen molar-refractivity contribution < 1.29 is 18.9 Å². The average Bonchev–Trinajstić information content (AvgIpc) is 3.37. The van der Waals surface area contributed by atoms with Gasteiger partial charge in [0.2, 0.25) is 5.91 Å². The van der Waals surface area contributed by atoms with Crippen molar-refractivity contribution >= 4 is 28.6 Å². The summed E-state index contributed by atoms with van der Waals surface area (Å²) in [6.45, 7) is 1.77. The molecule has 0 saturated heterocycles. The topological polar surface area (TPSA) is 185 Å². The lowest BCUT2D eigenvalue weighted by molar-refractivity contribution is 0.0918. The monoisotopic (exact) mass is 434 g/mol. The highest BCUT2D eigenvalue weighted by Gasteiger charge is 2.26. The quantitative estimate of drug-likeness (QED) is 0.389. The Bertz CT molecular complexity index is 1390. The number of pyridine rings is 1. The number of carbonyl (C=O) groups is 3. The molecule has 32 heavy (non-hydrogen) atoms. The van der Waals surface area contributed by atoms with Gasteiger partial charge in [-0.1, -0.05) is 23.4 Å². The molecule has 0 aliphatic carbocycles. The first-order valence-corrected chi connectivity index (χ1v) is 9.41. The van der Waals surface area contributed by atoms with E-state index in [9.17, 15) is 14.4 Å². The number of benzene rings is 1. The van der Waals surface area contributed by atoms with Crippen LogP contribution in [0.5, 0.6) is 0 Å². The number of aryl methyl sites for hydroxylation is 1. The number of carbonyl (C=O) groups excluding carboxylic acids is 3. The molecular weight excluding hydrogens is 416 g/mol. The first kappa shape index (κ1) is 20.7. The summed E-state index contributed by atoms with van der Waals surface area (Å²) in [6.07, 6.45) is 1.59. The van der Waals surface area contributed by atoms with Crippen molar-refractivity contribution in [2.45, 2.75) is 13.5 Å². The van der Waals surface area contributed by atoms with Gasteiger partial charge < -0.3 is 21.3 Å². The number of nitrogens with one attached hydrogen (secondary N) is 1. The van der Waals surface area contributed by atoms with Crippen LogP contribution in [0.1, 0.15) is 43.1 Å². The fourth-order valence-electron chi connectivity index (χ4n) is 3.41. The van der Waals surface area contributed by atoms with Gasteiger partial charge >= 0.3 is 11.8 Å². The third-order valence-electron chi connectivity index (χ3n) is 4.78. The summed E-state index contributed by atoms with van der Waals surface area (Å²) in [7, 11) is 1.44. The van der Waals surface area contributed by atoms with Crippen LogP contribution in [0, 0.1) is 6.92 Å². The van der Waals surface area contributed by atoms with E-state index in [2.05, 4.69) is 25.5 Å². The van der Waals surface area contributed by atoms with E-state index in [0.29, 0.717) is 22.2 Å². The molecule has 1 aromatic carbocycles. The van der Waals surface area contributed by atoms with Crippen molar-refractivity contribution in [2.75, 3.05) is 7.05 Å². The van der Waals surface area contributed by atoms with E-state index in [0.717, 1.165) is 0 Å². The molecule has 0 spiro atoms. The van der Waals surface area contributed by atoms with Gasteiger partial charge in [-0.3, -0.25) is 19.1 Å². The zero-order valence-corrected chi connectivity index (χ0v) is 17.1. The minimum atomic E-state index is -0.811. The zero-order valence-electron chi connectivity index (χ0n) is 17.1. The lowest BCUT2D eigenvalue weighted by atomic mass is 9.94. The number of rotatable bonds is 6. The second-order valence-electron chi connectivity index (χ2n) is 6.88. The van der Waals surface area contributed by atoms with Crippen LogP contribution in [0.2, 0.25) is 0 Å². The SMILES string of the molecule is CNC(=O)c1nc(Cn2cc(-c3c(C(N)=O)nc4ccccc4c3C(N)=O)c(C)n2)no1. The van der Waals surface area contributed by atoms with Crippen LogP contribution in [-0.2, 0) is 6.54 Å². The van der Waals surface area contributed by atoms with Gasteiger partial charge in [0.1, 0.15) is 12.2 Å². The van der Waals surface area contributed by atoms with Crippen molar-refractivity contribution in [3.8, 4) is 11.1 Å². The Morgan fingerprint density at radius 1 is 1.12 bits per heavy atom. The molecule has 12 heteroatoms. The molecule has 0 fully saturated rings. The van der Waals surface area contributed by atoms with Crippen molar-refractivity contribution in [1.29, 1.82) is 0 Å². The summed E-state index contributed by atoms with van der Waals surface area (Å²) in [5, 5.41) is 11.0. The molecular formula is C20H18N8O4. The van der Waals surface area contributed by atoms with Crippen LogP contribution in [0.25, 0.3) is 22.0 Å². The summed E-state index contributed by atoms with van der Waals surface area (Å²) in [4.78, 5) is 44.6. The van der Waals surface area contributed by atoms with E-state index in [1.165, 1.54) is 11.7 Å². The smallest absolute Gasteiger partial charge is 0.315 e. The number of para-hydroxylation sites is 1. The van der Waals surface area contributed by atoms with Gasteiger partial charge in [0.15, 0.2) is 5.82 Å². The van der Waals surface area contributed by atoms with E-state index in [1.807, 2.05) is 0 Å². The number of nitrogens with zero attached hydrogens (tertiary/aromatic N) is 5. The molecule has 4 aromatic rings. The Hall–Kier alpha value is -4.61. The highest BCUT2D eigenvalue weighted by atomic mass is 16.5. The standard InChI is InChI=1S/C20H18N8O4/c1-9-11(7-28(26-9)8-13-25-20(32-27-13)19(31)23-2)14-15(17(21)29)10-5-3-4-6-12(10)24-16(14)18(22)30/h3-7H,8H2,1-2H3,(H2,21,29)(H2,22,30)(H,23,31). The van der Waals surface area contributed by atoms with E-state index < -0.39 is 17.7 Å². The molecule has 5 N–H and O–H groups in total. The van der Waals surface area contributed by atoms with Crippen LogP contribution in [-0.4, -0.2) is 49.7 Å². The lowest BCUT2D eigenvalue weighted by Gasteiger charge is -2.13. The minimum absolute atomic E-state index is 0.0696. The van der Waals surface area contributed by atoms with Crippen molar-refractivity contribution in [3.63, 3.8) is 0 Å². The summed E-state index contributed by atoms with van der Waals surface area (Å²) in [5.41, 5.74) is 12.9. The van der Waals surface area contributed by atoms with E-state index in [-0.39, 0.29) is 35.1 Å². The van der Waals surface area contributed by atoms with E-state index >= 15 is 0 Å². The Balaban J connectivity index is 1.85. The van der Waals surface area contributed by atoms with Gasteiger partial charge in [0.25, 0.3) is 5.91 Å². The van der Waals surface area contributed by atoms with Gasteiger partial charge in [-0.05, 0) is 13.0 Å². The van der Waals surface area contributed by atoms with Crippen LogP contribution < -0.4 is 16.8 Å². The molecule has 0 bridgehead atoms. The Labute approximate surface area is 180 Å². The van der Waals surface area contributed by atoms with Gasteiger partial charge in [-0.2, -0.15) is 10.1 Å². The Morgan fingerprint density at radius 3 is 2.56 bits per heavy atom. The van der Waals surface area contributed by atoms with Crippen LogP contribution >= 0.6 is 0 Å². The maximum atomic E-state index is 12.4.